The highest BCUT2D eigenvalue weighted by Crippen LogP contribution is 2.33. The molecule has 7 nitrogen and oxygen atoms in total. The number of anilines is 3. The predicted molar refractivity (Wildman–Crippen MR) is 128 cm³/mol. The maximum Gasteiger partial charge on any atom is 0.490 e. The Kier molecular flexibility index (Phi) is 11.1. The topological polar surface area (TPSA) is 81.6 Å². The van der Waals surface area contributed by atoms with Gasteiger partial charge in [-0.15, -0.1) is 0 Å². The Morgan fingerprint density at radius 2 is 1.71 bits per heavy atom. The lowest BCUT2D eigenvalue weighted by molar-refractivity contribution is -0.192. The molecule has 212 valence electrons. The lowest BCUT2D eigenvalue weighted by atomic mass is 10.1. The van der Waals surface area contributed by atoms with E-state index in [2.05, 4.69) is 25.1 Å². The van der Waals surface area contributed by atoms with Gasteiger partial charge >= 0.3 is 18.3 Å². The minimum atomic E-state index is -5.08. The van der Waals surface area contributed by atoms with E-state index in [1.807, 2.05) is 19.9 Å². The van der Waals surface area contributed by atoms with E-state index in [4.69, 9.17) is 9.90 Å². The molecule has 0 atom stereocenters. The van der Waals surface area contributed by atoms with Gasteiger partial charge in [0.15, 0.2) is 0 Å². The van der Waals surface area contributed by atoms with Crippen molar-refractivity contribution in [3.63, 3.8) is 0 Å². The van der Waals surface area contributed by atoms with Crippen LogP contribution >= 0.6 is 0 Å². The van der Waals surface area contributed by atoms with Crippen LogP contribution < -0.4 is 10.2 Å². The minimum absolute atomic E-state index is 0.0819. The standard InChI is InChI=1S/C22H29F4N5.C2HF3O2/c1-3-31(13-7-12-30-10-5-4-6-11-30)20-14-16(2)27-21(29-20)28-17-8-9-19(23)18(15-17)22(24,25)26;3-2(4,5)1(6)7/h8-9,14-15H,3-7,10-13H2,1-2H3,(H,27,28,29);(H,6,7). The molecular formula is C24H30F7N5O2. The van der Waals surface area contributed by atoms with Crippen molar-refractivity contribution in [2.75, 3.05) is 42.9 Å². The molecule has 0 spiro atoms. The monoisotopic (exact) mass is 553 g/mol. The number of alkyl halides is 6. The van der Waals surface area contributed by atoms with E-state index in [0.29, 0.717) is 11.5 Å². The second-order valence-corrected chi connectivity index (χ2v) is 8.65. The largest absolute Gasteiger partial charge is 0.490 e. The summed E-state index contributed by atoms with van der Waals surface area (Å²) in [5.41, 5.74) is -0.545. The number of nitrogens with one attached hydrogen (secondary N) is 1. The van der Waals surface area contributed by atoms with Gasteiger partial charge in [0, 0.05) is 30.5 Å². The molecule has 0 aliphatic carbocycles. The third-order valence-corrected chi connectivity index (χ3v) is 5.67. The van der Waals surface area contributed by atoms with E-state index in [-0.39, 0.29) is 11.6 Å². The van der Waals surface area contributed by atoms with Crippen LogP contribution in [0.4, 0.5) is 48.2 Å². The second kappa shape index (κ2) is 13.6. The molecule has 1 aliphatic heterocycles. The number of aryl methyl sites for hydroxylation is 1. The first-order chi connectivity index (χ1) is 17.7. The van der Waals surface area contributed by atoms with Gasteiger partial charge in [0.25, 0.3) is 0 Å². The van der Waals surface area contributed by atoms with Crippen molar-refractivity contribution in [2.24, 2.45) is 0 Å². The molecule has 1 saturated heterocycles. The van der Waals surface area contributed by atoms with Gasteiger partial charge in [0.05, 0.1) is 5.56 Å². The Hall–Kier alpha value is -3.16. The third-order valence-electron chi connectivity index (χ3n) is 5.67. The molecule has 14 heteroatoms. The van der Waals surface area contributed by atoms with E-state index in [1.54, 1.807) is 0 Å². The van der Waals surface area contributed by atoms with Crippen LogP contribution in [-0.2, 0) is 11.0 Å². The molecule has 0 radical (unpaired) electrons. The van der Waals surface area contributed by atoms with Crippen LogP contribution in [-0.4, -0.2) is 64.8 Å². The summed E-state index contributed by atoms with van der Waals surface area (Å²) < 4.78 is 84.3. The molecule has 2 aromatic rings. The number of aromatic nitrogens is 2. The van der Waals surface area contributed by atoms with E-state index < -0.39 is 29.7 Å². The number of aliphatic carboxylic acids is 1. The molecular weight excluding hydrogens is 523 g/mol. The molecule has 2 N–H and O–H groups in total. The Balaban J connectivity index is 0.000000638. The van der Waals surface area contributed by atoms with Gasteiger partial charge in [-0.1, -0.05) is 6.42 Å². The average Bonchev–Trinajstić information content (AvgIpc) is 2.82. The van der Waals surface area contributed by atoms with Crippen LogP contribution in [0.2, 0.25) is 0 Å². The van der Waals surface area contributed by atoms with Gasteiger partial charge in [0.2, 0.25) is 5.95 Å². The summed E-state index contributed by atoms with van der Waals surface area (Å²) in [5, 5.41) is 9.91. The third kappa shape index (κ3) is 9.95. The molecule has 3 rings (SSSR count). The maximum absolute atomic E-state index is 13.5. The zero-order chi connectivity index (χ0) is 28.5. The summed E-state index contributed by atoms with van der Waals surface area (Å²) in [6.07, 6.45) is -5.01. The Labute approximate surface area is 215 Å². The molecule has 0 amide bonds. The van der Waals surface area contributed by atoms with Crippen molar-refractivity contribution in [1.82, 2.24) is 14.9 Å². The zero-order valence-electron chi connectivity index (χ0n) is 21.0. The first kappa shape index (κ1) is 31.1. The molecule has 1 aliphatic rings. The van der Waals surface area contributed by atoms with Crippen LogP contribution in [0.5, 0.6) is 0 Å². The molecule has 0 bridgehead atoms. The molecule has 0 saturated carbocycles. The van der Waals surface area contributed by atoms with Gasteiger partial charge in [-0.25, -0.2) is 14.2 Å². The van der Waals surface area contributed by atoms with Crippen molar-refractivity contribution >= 4 is 23.4 Å². The number of nitrogens with zero attached hydrogens (tertiary/aromatic N) is 4. The quantitative estimate of drug-likeness (QED) is 0.387. The first-order valence-electron chi connectivity index (χ1n) is 12.0. The molecule has 1 aromatic carbocycles. The molecule has 38 heavy (non-hydrogen) atoms. The number of carbonyl (C=O) groups is 1. The SMILES string of the molecule is CCN(CCCN1CCCCC1)c1cc(C)nc(Nc2ccc(F)c(C(F)(F)F)c2)n1.O=C(O)C(F)(F)F. The summed E-state index contributed by atoms with van der Waals surface area (Å²) in [6, 6.07) is 4.63. The molecule has 1 fully saturated rings. The lowest BCUT2D eigenvalue weighted by Crippen LogP contribution is -2.33. The van der Waals surface area contributed by atoms with Gasteiger partial charge in [-0.05, 0) is 70.9 Å². The number of carboxylic acid groups (broad SMARTS) is 1. The molecule has 0 unspecified atom stereocenters. The average molecular weight is 554 g/mol. The molecule has 1 aromatic heterocycles. The van der Waals surface area contributed by atoms with E-state index in [0.717, 1.165) is 51.3 Å². The van der Waals surface area contributed by atoms with Crippen LogP contribution in [0, 0.1) is 12.7 Å². The summed E-state index contributed by atoms with van der Waals surface area (Å²) in [5.74, 6) is -3.17. The number of benzene rings is 1. The first-order valence-corrected chi connectivity index (χ1v) is 12.0. The fourth-order valence-electron chi connectivity index (χ4n) is 3.82. The summed E-state index contributed by atoms with van der Waals surface area (Å²) in [6.45, 7) is 8.79. The van der Waals surface area contributed by atoms with E-state index in [1.165, 1.54) is 25.3 Å². The fourth-order valence-corrected chi connectivity index (χ4v) is 3.82. The van der Waals surface area contributed by atoms with Gasteiger partial charge in [0.1, 0.15) is 11.6 Å². The van der Waals surface area contributed by atoms with Crippen molar-refractivity contribution in [2.45, 2.75) is 51.9 Å². The number of hydrogen-bond donors (Lipinski definition) is 2. The van der Waals surface area contributed by atoms with Crippen molar-refractivity contribution in [1.29, 1.82) is 0 Å². The van der Waals surface area contributed by atoms with Crippen LogP contribution in [0.25, 0.3) is 0 Å². The maximum atomic E-state index is 13.5. The normalized spacial score (nSPS) is 14.4. The number of piperidine rings is 1. The Morgan fingerprint density at radius 3 is 2.26 bits per heavy atom. The number of rotatable bonds is 8. The Morgan fingerprint density at radius 1 is 1.08 bits per heavy atom. The molecule has 2 heterocycles. The fraction of sp³-hybridized carbons (Fsp3) is 0.542. The summed E-state index contributed by atoms with van der Waals surface area (Å²) in [7, 11) is 0. The number of carboxylic acids is 1. The number of halogens is 7. The second-order valence-electron chi connectivity index (χ2n) is 8.65. The predicted octanol–water partition coefficient (Wildman–Crippen LogP) is 6.02. The van der Waals surface area contributed by atoms with Gasteiger partial charge < -0.3 is 20.2 Å². The summed E-state index contributed by atoms with van der Waals surface area (Å²) in [4.78, 5) is 22.3. The lowest BCUT2D eigenvalue weighted by Gasteiger charge is -2.28. The van der Waals surface area contributed by atoms with Crippen LogP contribution in [0.15, 0.2) is 24.3 Å². The highest BCUT2D eigenvalue weighted by atomic mass is 19.4. The van der Waals surface area contributed by atoms with Crippen LogP contribution in [0.3, 0.4) is 0 Å². The van der Waals surface area contributed by atoms with Crippen molar-refractivity contribution in [3.05, 3.63) is 41.3 Å². The van der Waals surface area contributed by atoms with Crippen LogP contribution in [0.1, 0.15) is 43.9 Å². The Bertz CT molecular complexity index is 1060. The highest BCUT2D eigenvalue weighted by Gasteiger charge is 2.38. The summed E-state index contributed by atoms with van der Waals surface area (Å²) >= 11 is 0. The zero-order valence-corrected chi connectivity index (χ0v) is 21.0. The smallest absolute Gasteiger partial charge is 0.475 e. The van der Waals surface area contributed by atoms with Crippen molar-refractivity contribution in [3.8, 4) is 0 Å². The number of hydrogen-bond acceptors (Lipinski definition) is 6. The highest BCUT2D eigenvalue weighted by molar-refractivity contribution is 5.73. The van der Waals surface area contributed by atoms with Crippen molar-refractivity contribution < 1.29 is 40.6 Å². The van der Waals surface area contributed by atoms with Gasteiger partial charge in [-0.2, -0.15) is 31.3 Å². The van der Waals surface area contributed by atoms with E-state index >= 15 is 0 Å². The van der Waals surface area contributed by atoms with E-state index in [9.17, 15) is 30.7 Å². The number of likely N-dealkylation sites (tertiary alicyclic amines) is 1. The van der Waals surface area contributed by atoms with Gasteiger partial charge in [-0.3, -0.25) is 0 Å². The minimum Gasteiger partial charge on any atom is -0.475 e.